The van der Waals surface area contributed by atoms with Crippen LogP contribution in [-0.2, 0) is 4.79 Å². The smallest absolute Gasteiger partial charge is 0.276 e. The zero-order chi connectivity index (χ0) is 21.1. The molecule has 8 heteroatoms. The molecule has 0 aliphatic carbocycles. The van der Waals surface area contributed by atoms with Gasteiger partial charge in [-0.1, -0.05) is 6.07 Å². The van der Waals surface area contributed by atoms with Crippen molar-refractivity contribution in [2.45, 2.75) is 0 Å². The lowest BCUT2D eigenvalue weighted by molar-refractivity contribution is -0.115. The van der Waals surface area contributed by atoms with E-state index in [1.807, 2.05) is 12.1 Å². The molecule has 0 radical (unpaired) electrons. The van der Waals surface area contributed by atoms with Gasteiger partial charge in [0.05, 0.1) is 7.11 Å². The largest absolute Gasteiger partial charge is 0.504 e. The highest BCUT2D eigenvalue weighted by atomic mass is 16.5. The van der Waals surface area contributed by atoms with Crippen molar-refractivity contribution in [2.75, 3.05) is 50.6 Å². The minimum absolute atomic E-state index is 0.00743. The number of carbonyl (C=O) groups excluding carboxylic acids is 1. The van der Waals surface area contributed by atoms with Crippen molar-refractivity contribution in [2.24, 2.45) is 4.99 Å². The standard InChI is InChI=1S/C22H25N5O3/c1-26-9-11-27(12-10-26)17-6-4-16(5-7-17)23-22-24-18(21(29)25-22)13-15-3-8-20(30-2)19(28)14-15/h3-8,13-14,28H,9-12H2,1-2H3,(H2,23,24,25,29)/b18-13-. The summed E-state index contributed by atoms with van der Waals surface area (Å²) in [7, 11) is 3.62. The summed E-state index contributed by atoms with van der Waals surface area (Å²) in [4.78, 5) is 21.3. The number of ether oxygens (including phenoxy) is 1. The van der Waals surface area contributed by atoms with Gasteiger partial charge >= 0.3 is 0 Å². The SMILES string of the molecule is COc1ccc(/C=C2\N=C(Nc3ccc(N4CCN(C)CC4)cc3)NC2=O)cc1O. The molecule has 0 atom stereocenters. The number of benzene rings is 2. The molecule has 2 heterocycles. The molecular formula is C22H25N5O3. The van der Waals surface area contributed by atoms with Gasteiger partial charge in [0, 0.05) is 37.6 Å². The van der Waals surface area contributed by atoms with Gasteiger partial charge in [-0.25, -0.2) is 4.99 Å². The van der Waals surface area contributed by atoms with E-state index in [9.17, 15) is 9.90 Å². The van der Waals surface area contributed by atoms with Gasteiger partial charge in [0.25, 0.3) is 5.91 Å². The number of phenols is 1. The van der Waals surface area contributed by atoms with E-state index < -0.39 is 0 Å². The Kier molecular flexibility index (Phi) is 5.58. The van der Waals surface area contributed by atoms with E-state index in [0.29, 0.717) is 17.3 Å². The fourth-order valence-electron chi connectivity index (χ4n) is 3.44. The Morgan fingerprint density at radius 1 is 1.13 bits per heavy atom. The molecule has 2 aliphatic rings. The van der Waals surface area contributed by atoms with Crippen molar-refractivity contribution in [3.8, 4) is 11.5 Å². The lowest BCUT2D eigenvalue weighted by Crippen LogP contribution is -2.44. The van der Waals surface area contributed by atoms with E-state index in [4.69, 9.17) is 4.74 Å². The zero-order valence-corrected chi connectivity index (χ0v) is 17.1. The highest BCUT2D eigenvalue weighted by Gasteiger charge is 2.20. The lowest BCUT2D eigenvalue weighted by atomic mass is 10.1. The number of methoxy groups -OCH3 is 1. The van der Waals surface area contributed by atoms with Crippen LogP contribution in [0.1, 0.15) is 5.56 Å². The predicted molar refractivity (Wildman–Crippen MR) is 118 cm³/mol. The molecule has 0 unspecified atom stereocenters. The average Bonchev–Trinajstić information content (AvgIpc) is 3.08. The van der Waals surface area contributed by atoms with Crippen LogP contribution >= 0.6 is 0 Å². The molecule has 0 saturated carbocycles. The van der Waals surface area contributed by atoms with Gasteiger partial charge < -0.3 is 25.0 Å². The highest BCUT2D eigenvalue weighted by molar-refractivity contribution is 6.17. The van der Waals surface area contributed by atoms with Crippen LogP contribution in [0.4, 0.5) is 11.4 Å². The molecule has 2 aromatic rings. The summed E-state index contributed by atoms with van der Waals surface area (Å²) in [6, 6.07) is 13.0. The topological polar surface area (TPSA) is 89.4 Å². The molecule has 156 valence electrons. The molecule has 2 aromatic carbocycles. The van der Waals surface area contributed by atoms with Crippen LogP contribution in [0.5, 0.6) is 11.5 Å². The number of nitrogens with one attached hydrogen (secondary N) is 2. The molecule has 1 amide bonds. The summed E-state index contributed by atoms with van der Waals surface area (Å²) in [5, 5.41) is 15.8. The van der Waals surface area contributed by atoms with Crippen LogP contribution in [0.2, 0.25) is 0 Å². The molecule has 0 spiro atoms. The summed E-state index contributed by atoms with van der Waals surface area (Å²) < 4.78 is 5.03. The number of guanidine groups is 1. The van der Waals surface area contributed by atoms with Gasteiger partial charge in [-0.2, -0.15) is 0 Å². The second-order valence-corrected chi connectivity index (χ2v) is 7.34. The molecule has 1 fully saturated rings. The van der Waals surface area contributed by atoms with Crippen molar-refractivity contribution in [1.82, 2.24) is 10.2 Å². The minimum atomic E-state index is -0.304. The summed E-state index contributed by atoms with van der Waals surface area (Å²) in [6.07, 6.45) is 1.61. The number of anilines is 2. The number of likely N-dealkylation sites (N-methyl/N-ethyl adjacent to an activating group) is 1. The number of aliphatic imine (C=N–C) groups is 1. The first-order chi connectivity index (χ1) is 14.5. The first kappa shape index (κ1) is 19.8. The van der Waals surface area contributed by atoms with Gasteiger partial charge in [-0.3, -0.25) is 10.1 Å². The quantitative estimate of drug-likeness (QED) is 0.673. The molecule has 0 bridgehead atoms. The molecular weight excluding hydrogens is 382 g/mol. The highest BCUT2D eigenvalue weighted by Crippen LogP contribution is 2.27. The fourth-order valence-corrected chi connectivity index (χ4v) is 3.44. The van der Waals surface area contributed by atoms with E-state index in [2.05, 4.69) is 44.6 Å². The summed E-state index contributed by atoms with van der Waals surface area (Å²) in [5.41, 5.74) is 2.94. The summed E-state index contributed by atoms with van der Waals surface area (Å²) >= 11 is 0. The molecule has 3 N–H and O–H groups in total. The van der Waals surface area contributed by atoms with E-state index in [0.717, 1.165) is 31.9 Å². The number of piperazine rings is 1. The van der Waals surface area contributed by atoms with Gasteiger partial charge in [0.1, 0.15) is 5.70 Å². The maximum Gasteiger partial charge on any atom is 0.276 e. The fraction of sp³-hybridized carbons (Fsp3) is 0.273. The third kappa shape index (κ3) is 4.38. The lowest BCUT2D eigenvalue weighted by Gasteiger charge is -2.34. The molecule has 2 aliphatic heterocycles. The Balaban J connectivity index is 1.43. The number of phenolic OH excluding ortho intramolecular Hbond substituents is 1. The molecule has 30 heavy (non-hydrogen) atoms. The maximum absolute atomic E-state index is 12.2. The van der Waals surface area contributed by atoms with Gasteiger partial charge in [0.2, 0.25) is 5.96 Å². The minimum Gasteiger partial charge on any atom is -0.504 e. The van der Waals surface area contributed by atoms with E-state index in [-0.39, 0.29) is 17.4 Å². The Morgan fingerprint density at radius 2 is 1.87 bits per heavy atom. The summed E-state index contributed by atoms with van der Waals surface area (Å²) in [5.74, 6) is 0.449. The van der Waals surface area contributed by atoms with Crippen molar-refractivity contribution < 1.29 is 14.6 Å². The van der Waals surface area contributed by atoms with E-state index in [1.165, 1.54) is 18.9 Å². The number of rotatable bonds is 4. The Morgan fingerprint density at radius 3 is 2.53 bits per heavy atom. The second-order valence-electron chi connectivity index (χ2n) is 7.34. The van der Waals surface area contributed by atoms with Crippen molar-refractivity contribution in [3.63, 3.8) is 0 Å². The third-order valence-electron chi connectivity index (χ3n) is 5.20. The second kappa shape index (κ2) is 8.46. The number of amides is 1. The number of nitrogens with zero attached hydrogens (tertiary/aromatic N) is 3. The average molecular weight is 407 g/mol. The van der Waals surface area contributed by atoms with Crippen LogP contribution < -0.4 is 20.3 Å². The van der Waals surface area contributed by atoms with Gasteiger partial charge in [-0.15, -0.1) is 0 Å². The number of aromatic hydroxyl groups is 1. The van der Waals surface area contributed by atoms with Crippen LogP contribution in [0.15, 0.2) is 53.2 Å². The van der Waals surface area contributed by atoms with E-state index >= 15 is 0 Å². The van der Waals surface area contributed by atoms with Crippen LogP contribution in [0.3, 0.4) is 0 Å². The first-order valence-electron chi connectivity index (χ1n) is 9.81. The molecule has 0 aromatic heterocycles. The Hall–Kier alpha value is -3.52. The number of carbonyl (C=O) groups is 1. The Bertz CT molecular complexity index is 992. The van der Waals surface area contributed by atoms with E-state index in [1.54, 1.807) is 18.2 Å². The van der Waals surface area contributed by atoms with Crippen LogP contribution in [-0.4, -0.2) is 62.2 Å². The monoisotopic (exact) mass is 407 g/mol. The third-order valence-corrected chi connectivity index (χ3v) is 5.20. The predicted octanol–water partition coefficient (Wildman–Crippen LogP) is 2.09. The summed E-state index contributed by atoms with van der Waals surface area (Å²) in [6.45, 7) is 4.15. The number of hydrogen-bond acceptors (Lipinski definition) is 7. The molecule has 4 rings (SSSR count). The number of hydrogen-bond donors (Lipinski definition) is 3. The van der Waals surface area contributed by atoms with Crippen molar-refractivity contribution >= 4 is 29.3 Å². The molecule has 1 saturated heterocycles. The first-order valence-corrected chi connectivity index (χ1v) is 9.81. The Labute approximate surface area is 175 Å². The maximum atomic E-state index is 12.2. The van der Waals surface area contributed by atoms with Crippen molar-refractivity contribution in [3.05, 3.63) is 53.7 Å². The van der Waals surface area contributed by atoms with Gasteiger partial charge in [-0.05, 0) is 55.1 Å². The van der Waals surface area contributed by atoms with Crippen LogP contribution in [0.25, 0.3) is 6.08 Å². The zero-order valence-electron chi connectivity index (χ0n) is 17.1. The van der Waals surface area contributed by atoms with Crippen LogP contribution in [0, 0.1) is 0 Å². The van der Waals surface area contributed by atoms with Crippen molar-refractivity contribution in [1.29, 1.82) is 0 Å². The van der Waals surface area contributed by atoms with Gasteiger partial charge in [0.15, 0.2) is 11.5 Å². The normalized spacial score (nSPS) is 18.3. The molecule has 8 nitrogen and oxygen atoms in total.